The topological polar surface area (TPSA) is 32.3 Å². The second-order valence-corrected chi connectivity index (χ2v) is 5.92. The van der Waals surface area contributed by atoms with Crippen molar-refractivity contribution in [3.05, 3.63) is 33.8 Å². The molecule has 0 heterocycles. The first-order chi connectivity index (χ1) is 8.56. The number of aliphatic hydroxyl groups is 1. The third-order valence-corrected chi connectivity index (χ3v) is 4.60. The van der Waals surface area contributed by atoms with Crippen LogP contribution in [0.3, 0.4) is 0 Å². The molecule has 1 aromatic rings. The summed E-state index contributed by atoms with van der Waals surface area (Å²) in [6, 6.07) is 6.40. The van der Waals surface area contributed by atoms with Crippen molar-refractivity contribution < 1.29 is 5.11 Å². The van der Waals surface area contributed by atoms with Crippen molar-refractivity contribution in [1.82, 2.24) is 5.32 Å². The predicted octanol–water partition coefficient (Wildman–Crippen LogP) is 3.65. The van der Waals surface area contributed by atoms with Crippen molar-refractivity contribution >= 4 is 15.9 Å². The predicted molar refractivity (Wildman–Crippen MR) is 80.7 cm³/mol. The average Bonchev–Trinajstić information content (AvgIpc) is 2.38. The van der Waals surface area contributed by atoms with Crippen molar-refractivity contribution in [2.45, 2.75) is 40.2 Å². The zero-order valence-corrected chi connectivity index (χ0v) is 13.2. The highest BCUT2D eigenvalue weighted by Gasteiger charge is 2.24. The molecule has 0 unspecified atom stereocenters. The molecule has 0 aliphatic rings. The molecular formula is C15H24BrNO. The Balaban J connectivity index is 2.55. The fraction of sp³-hybridized carbons (Fsp3) is 0.600. The quantitative estimate of drug-likeness (QED) is 0.805. The number of halogens is 1. The van der Waals surface area contributed by atoms with Gasteiger partial charge in [0.05, 0.1) is 0 Å². The summed E-state index contributed by atoms with van der Waals surface area (Å²) in [5.41, 5.74) is 2.55. The molecule has 0 spiro atoms. The van der Waals surface area contributed by atoms with Gasteiger partial charge in [0.25, 0.3) is 0 Å². The summed E-state index contributed by atoms with van der Waals surface area (Å²) in [4.78, 5) is 0. The number of rotatable bonds is 7. The van der Waals surface area contributed by atoms with Gasteiger partial charge in [0, 0.05) is 29.6 Å². The first-order valence-corrected chi connectivity index (χ1v) is 7.43. The molecule has 0 aliphatic heterocycles. The molecule has 0 aromatic heterocycles. The summed E-state index contributed by atoms with van der Waals surface area (Å²) >= 11 is 3.59. The third kappa shape index (κ3) is 4.08. The molecule has 0 saturated carbocycles. The van der Waals surface area contributed by atoms with E-state index in [0.29, 0.717) is 0 Å². The summed E-state index contributed by atoms with van der Waals surface area (Å²) in [5.74, 6) is 0. The second-order valence-electron chi connectivity index (χ2n) is 5.06. The maximum Gasteiger partial charge on any atom is 0.0499 e. The van der Waals surface area contributed by atoms with E-state index < -0.39 is 0 Å². The van der Waals surface area contributed by atoms with Gasteiger partial charge in [-0.05, 0) is 37.0 Å². The highest BCUT2D eigenvalue weighted by atomic mass is 79.9. The fourth-order valence-electron chi connectivity index (χ4n) is 2.04. The van der Waals surface area contributed by atoms with E-state index in [1.54, 1.807) is 0 Å². The summed E-state index contributed by atoms with van der Waals surface area (Å²) in [6.45, 7) is 8.32. The molecule has 3 heteroatoms. The Bertz CT molecular complexity index is 366. The van der Waals surface area contributed by atoms with Crippen molar-refractivity contribution in [2.75, 3.05) is 13.2 Å². The van der Waals surface area contributed by atoms with E-state index in [1.165, 1.54) is 11.1 Å². The zero-order chi connectivity index (χ0) is 13.6. The monoisotopic (exact) mass is 313 g/mol. The molecule has 0 radical (unpaired) electrons. The highest BCUT2D eigenvalue weighted by Crippen LogP contribution is 2.25. The van der Waals surface area contributed by atoms with Crippen LogP contribution in [0.2, 0.25) is 0 Å². The molecule has 2 nitrogen and oxygen atoms in total. The number of aliphatic hydroxyl groups excluding tert-OH is 1. The Kier molecular flexibility index (Phi) is 6.33. The Morgan fingerprint density at radius 3 is 2.44 bits per heavy atom. The molecule has 2 N–H and O–H groups in total. The van der Waals surface area contributed by atoms with Gasteiger partial charge in [0.15, 0.2) is 0 Å². The van der Waals surface area contributed by atoms with E-state index >= 15 is 0 Å². The Labute approximate surface area is 119 Å². The molecule has 1 aromatic carbocycles. The smallest absolute Gasteiger partial charge is 0.0499 e. The van der Waals surface area contributed by atoms with Gasteiger partial charge in [-0.15, -0.1) is 0 Å². The molecule has 0 atom stereocenters. The minimum Gasteiger partial charge on any atom is -0.396 e. The Morgan fingerprint density at radius 2 is 1.94 bits per heavy atom. The van der Waals surface area contributed by atoms with Crippen LogP contribution < -0.4 is 5.32 Å². The lowest BCUT2D eigenvalue weighted by atomic mass is 9.83. The van der Waals surface area contributed by atoms with Gasteiger partial charge in [-0.3, -0.25) is 0 Å². The number of hydrogen-bond donors (Lipinski definition) is 2. The largest absolute Gasteiger partial charge is 0.396 e. The van der Waals surface area contributed by atoms with Gasteiger partial charge in [-0.1, -0.05) is 41.9 Å². The highest BCUT2D eigenvalue weighted by molar-refractivity contribution is 9.10. The normalized spacial score (nSPS) is 11.8. The first kappa shape index (κ1) is 15.7. The van der Waals surface area contributed by atoms with Crippen LogP contribution in [0, 0.1) is 12.3 Å². The van der Waals surface area contributed by atoms with Gasteiger partial charge in [-0.25, -0.2) is 0 Å². The summed E-state index contributed by atoms with van der Waals surface area (Å²) in [7, 11) is 0. The lowest BCUT2D eigenvalue weighted by Crippen LogP contribution is -2.36. The maximum absolute atomic E-state index is 9.52. The van der Waals surface area contributed by atoms with E-state index in [1.807, 2.05) is 0 Å². The summed E-state index contributed by atoms with van der Waals surface area (Å²) < 4.78 is 1.15. The van der Waals surface area contributed by atoms with E-state index in [4.69, 9.17) is 0 Å². The fourth-order valence-corrected chi connectivity index (χ4v) is 2.67. The van der Waals surface area contributed by atoms with Crippen molar-refractivity contribution in [3.63, 3.8) is 0 Å². The molecular weight excluding hydrogens is 290 g/mol. The lowest BCUT2D eigenvalue weighted by Gasteiger charge is -2.29. The number of hydrogen-bond acceptors (Lipinski definition) is 2. The Morgan fingerprint density at radius 1 is 1.28 bits per heavy atom. The van der Waals surface area contributed by atoms with Gasteiger partial charge in [0.2, 0.25) is 0 Å². The number of nitrogens with one attached hydrogen (secondary N) is 1. The molecule has 0 amide bonds. The molecule has 0 aliphatic carbocycles. The van der Waals surface area contributed by atoms with E-state index in [-0.39, 0.29) is 12.0 Å². The molecule has 102 valence electrons. The van der Waals surface area contributed by atoms with Crippen LogP contribution in [0.4, 0.5) is 0 Å². The molecule has 1 rings (SSSR count). The SMILES string of the molecule is CCC(CC)(CO)CNCc1ccc(C)cc1Br. The minimum atomic E-state index is 0.0250. The average molecular weight is 314 g/mol. The third-order valence-electron chi connectivity index (χ3n) is 3.86. The van der Waals surface area contributed by atoms with Gasteiger partial charge in [-0.2, -0.15) is 0 Å². The van der Waals surface area contributed by atoms with Crippen LogP contribution in [0.25, 0.3) is 0 Å². The zero-order valence-electron chi connectivity index (χ0n) is 11.6. The van der Waals surface area contributed by atoms with Crippen LogP contribution in [0.15, 0.2) is 22.7 Å². The second kappa shape index (κ2) is 7.27. The van der Waals surface area contributed by atoms with Crippen LogP contribution >= 0.6 is 15.9 Å². The standard InChI is InChI=1S/C15H24BrNO/c1-4-15(5-2,11-18)10-17-9-13-7-6-12(3)8-14(13)16/h6-8,17-18H,4-5,9-11H2,1-3H3. The number of aryl methyl sites for hydroxylation is 1. The van der Waals surface area contributed by atoms with Crippen LogP contribution in [0.5, 0.6) is 0 Å². The van der Waals surface area contributed by atoms with Gasteiger partial charge in [0.1, 0.15) is 0 Å². The minimum absolute atomic E-state index is 0.0250. The van der Waals surface area contributed by atoms with Gasteiger partial charge >= 0.3 is 0 Å². The van der Waals surface area contributed by atoms with Crippen molar-refractivity contribution in [1.29, 1.82) is 0 Å². The van der Waals surface area contributed by atoms with Gasteiger partial charge < -0.3 is 10.4 Å². The molecule has 0 bridgehead atoms. The summed E-state index contributed by atoms with van der Waals surface area (Å²) in [6.07, 6.45) is 2.00. The van der Waals surface area contributed by atoms with E-state index in [9.17, 15) is 5.11 Å². The summed E-state index contributed by atoms with van der Waals surface area (Å²) in [5, 5.41) is 13.0. The van der Waals surface area contributed by atoms with E-state index in [0.717, 1.165) is 30.4 Å². The maximum atomic E-state index is 9.52. The molecule has 18 heavy (non-hydrogen) atoms. The van der Waals surface area contributed by atoms with Crippen molar-refractivity contribution in [3.8, 4) is 0 Å². The van der Waals surface area contributed by atoms with Crippen LogP contribution in [-0.2, 0) is 6.54 Å². The number of benzene rings is 1. The first-order valence-electron chi connectivity index (χ1n) is 6.63. The Hall–Kier alpha value is -0.380. The van der Waals surface area contributed by atoms with Crippen molar-refractivity contribution in [2.24, 2.45) is 5.41 Å². The van der Waals surface area contributed by atoms with E-state index in [2.05, 4.69) is 60.2 Å². The molecule has 0 fully saturated rings. The lowest BCUT2D eigenvalue weighted by molar-refractivity contribution is 0.113. The molecule has 0 saturated heterocycles. The van der Waals surface area contributed by atoms with Crippen LogP contribution in [-0.4, -0.2) is 18.3 Å². The van der Waals surface area contributed by atoms with Crippen LogP contribution in [0.1, 0.15) is 37.8 Å².